The van der Waals surface area contributed by atoms with Gasteiger partial charge in [0.15, 0.2) is 11.2 Å². The second kappa shape index (κ2) is 11.1. The number of carboxylic acids is 2. The Kier molecular flexibility index (Phi) is 7.46. The number of fused-ring (bicyclic) bond motifs is 1. The molecule has 4 rings (SSSR count). The molecule has 0 saturated heterocycles. The Labute approximate surface area is 213 Å². The number of nitrogen functional groups attached to an aromatic ring is 1. The summed E-state index contributed by atoms with van der Waals surface area (Å²) in [6.45, 7) is 0.166. The number of anilines is 2. The van der Waals surface area contributed by atoms with Crippen LogP contribution in [0.3, 0.4) is 0 Å². The lowest BCUT2D eigenvalue weighted by molar-refractivity contribution is -0.140. The molecule has 0 unspecified atom stereocenters. The molecule has 0 fully saturated rings. The second-order valence-corrected chi connectivity index (χ2v) is 8.02. The van der Waals surface area contributed by atoms with Gasteiger partial charge in [-0.2, -0.15) is 4.98 Å². The number of carboxylic acid groups (broad SMARTS) is 2. The Hall–Kier alpha value is -5.47. The average Bonchev–Trinajstić information content (AvgIpc) is 2.90. The van der Waals surface area contributed by atoms with E-state index in [1.165, 1.54) is 31.0 Å². The van der Waals surface area contributed by atoms with Crippen molar-refractivity contribution in [3.8, 4) is 11.1 Å². The van der Waals surface area contributed by atoms with Crippen LogP contribution in [0.15, 0.2) is 47.9 Å². The van der Waals surface area contributed by atoms with Gasteiger partial charge >= 0.3 is 11.9 Å². The molecule has 15 nitrogen and oxygen atoms in total. The van der Waals surface area contributed by atoms with E-state index in [9.17, 15) is 24.3 Å². The number of carbonyl (C=O) groups excluding carboxylic acids is 1. The molecule has 1 atom stereocenters. The number of H-pyrrole nitrogens is 1. The Bertz CT molecular complexity index is 1580. The van der Waals surface area contributed by atoms with Crippen molar-refractivity contribution in [2.45, 2.75) is 25.4 Å². The molecule has 38 heavy (non-hydrogen) atoms. The van der Waals surface area contributed by atoms with Crippen molar-refractivity contribution >= 4 is 40.6 Å². The second-order valence-electron chi connectivity index (χ2n) is 8.02. The van der Waals surface area contributed by atoms with E-state index >= 15 is 0 Å². The molecule has 0 bridgehead atoms. The van der Waals surface area contributed by atoms with Gasteiger partial charge in [0.2, 0.25) is 5.95 Å². The average molecular weight is 519 g/mol. The quantitative estimate of drug-likeness (QED) is 0.167. The van der Waals surface area contributed by atoms with E-state index in [0.29, 0.717) is 22.5 Å². The Morgan fingerprint density at radius 3 is 2.55 bits per heavy atom. The first-order valence-electron chi connectivity index (χ1n) is 11.1. The molecule has 1 aromatic carbocycles. The van der Waals surface area contributed by atoms with E-state index in [4.69, 9.17) is 10.8 Å². The maximum Gasteiger partial charge on any atom is 0.326 e. The third kappa shape index (κ3) is 6.01. The smallest absolute Gasteiger partial charge is 0.326 e. The zero-order chi connectivity index (χ0) is 27.2. The van der Waals surface area contributed by atoms with Gasteiger partial charge in [0.25, 0.3) is 11.5 Å². The fourth-order valence-electron chi connectivity index (χ4n) is 3.54. The van der Waals surface area contributed by atoms with Crippen LogP contribution in [0.1, 0.15) is 28.9 Å². The summed E-state index contributed by atoms with van der Waals surface area (Å²) in [4.78, 5) is 70.2. The molecular weight excluding hydrogens is 498 g/mol. The number of hydrogen-bond donors (Lipinski definition) is 6. The summed E-state index contributed by atoms with van der Waals surface area (Å²) < 4.78 is 0. The fourth-order valence-corrected chi connectivity index (χ4v) is 3.54. The van der Waals surface area contributed by atoms with Gasteiger partial charge in [0.05, 0.1) is 18.4 Å². The van der Waals surface area contributed by atoms with Crippen LogP contribution in [0, 0.1) is 0 Å². The molecule has 0 aliphatic heterocycles. The number of hydrogen-bond acceptors (Lipinski definition) is 11. The molecule has 4 aromatic rings. The first-order chi connectivity index (χ1) is 18.2. The van der Waals surface area contributed by atoms with Crippen LogP contribution in [0.2, 0.25) is 0 Å². The summed E-state index contributed by atoms with van der Waals surface area (Å²) in [6, 6.07) is 3.33. The van der Waals surface area contributed by atoms with Crippen molar-refractivity contribution in [1.82, 2.24) is 35.2 Å². The summed E-state index contributed by atoms with van der Waals surface area (Å²) in [6.07, 6.45) is 5.03. The first kappa shape index (κ1) is 25.6. The number of aliphatic carboxylic acids is 2. The van der Waals surface area contributed by atoms with Crippen LogP contribution >= 0.6 is 0 Å². The molecule has 1 amide bonds. The minimum absolute atomic E-state index is 0.0310. The molecule has 0 aliphatic rings. The number of aromatic amines is 1. The number of nitrogens with one attached hydrogen (secondary N) is 3. The summed E-state index contributed by atoms with van der Waals surface area (Å²) in [5.41, 5.74) is 7.16. The van der Waals surface area contributed by atoms with Gasteiger partial charge in [-0.3, -0.25) is 19.4 Å². The highest BCUT2D eigenvalue weighted by Gasteiger charge is 2.23. The highest BCUT2D eigenvalue weighted by molar-refractivity contribution is 6.03. The summed E-state index contributed by atoms with van der Waals surface area (Å²) in [5, 5.41) is 23.8. The van der Waals surface area contributed by atoms with Crippen LogP contribution in [0.25, 0.3) is 22.3 Å². The van der Waals surface area contributed by atoms with E-state index in [0.717, 1.165) is 0 Å². The molecule has 0 aliphatic carbocycles. The third-order valence-electron chi connectivity index (χ3n) is 5.35. The van der Waals surface area contributed by atoms with Gasteiger partial charge in [-0.1, -0.05) is 0 Å². The van der Waals surface area contributed by atoms with Crippen molar-refractivity contribution < 1.29 is 24.6 Å². The number of rotatable bonds is 10. The summed E-state index contributed by atoms with van der Waals surface area (Å²) in [5.74, 6) is -3.31. The fraction of sp³-hybridized carbons (Fsp3) is 0.174. The maximum absolute atomic E-state index is 13.0. The topological polar surface area (TPSA) is 239 Å². The number of carbonyl (C=O) groups is 3. The van der Waals surface area contributed by atoms with E-state index < -0.39 is 35.9 Å². The van der Waals surface area contributed by atoms with Gasteiger partial charge in [0, 0.05) is 35.6 Å². The van der Waals surface area contributed by atoms with Crippen LogP contribution in [-0.4, -0.2) is 64.0 Å². The summed E-state index contributed by atoms with van der Waals surface area (Å²) >= 11 is 0. The molecule has 0 spiro atoms. The molecular formula is C23H21N9O6. The highest BCUT2D eigenvalue weighted by atomic mass is 16.4. The molecule has 0 saturated carbocycles. The molecule has 194 valence electrons. The van der Waals surface area contributed by atoms with Crippen molar-refractivity contribution in [2.24, 2.45) is 0 Å². The number of nitrogens with two attached hydrogens (primary N) is 1. The van der Waals surface area contributed by atoms with Crippen LogP contribution in [0.4, 0.5) is 11.6 Å². The lowest BCUT2D eigenvalue weighted by Gasteiger charge is -2.16. The Morgan fingerprint density at radius 2 is 1.84 bits per heavy atom. The summed E-state index contributed by atoms with van der Waals surface area (Å²) in [7, 11) is 0. The van der Waals surface area contributed by atoms with Gasteiger partial charge in [-0.05, 0) is 30.2 Å². The maximum atomic E-state index is 13.0. The van der Waals surface area contributed by atoms with Gasteiger partial charge in [-0.25, -0.2) is 24.7 Å². The molecule has 0 radical (unpaired) electrons. The van der Waals surface area contributed by atoms with E-state index in [1.54, 1.807) is 12.1 Å². The normalized spacial score (nSPS) is 11.6. The zero-order valence-electron chi connectivity index (χ0n) is 19.6. The molecule has 15 heteroatoms. The van der Waals surface area contributed by atoms with Gasteiger partial charge in [0.1, 0.15) is 12.4 Å². The molecule has 3 heterocycles. The number of benzene rings is 1. The van der Waals surface area contributed by atoms with E-state index in [1.807, 2.05) is 0 Å². The monoisotopic (exact) mass is 519 g/mol. The van der Waals surface area contributed by atoms with Crippen LogP contribution in [0.5, 0.6) is 0 Å². The molecule has 3 aromatic heterocycles. The lowest BCUT2D eigenvalue weighted by Crippen LogP contribution is -2.41. The minimum Gasteiger partial charge on any atom is -0.481 e. The van der Waals surface area contributed by atoms with Crippen molar-refractivity contribution in [2.75, 3.05) is 11.1 Å². The number of nitrogens with zero attached hydrogens (tertiary/aromatic N) is 5. The van der Waals surface area contributed by atoms with E-state index in [2.05, 4.69) is 40.5 Å². The highest BCUT2D eigenvalue weighted by Crippen LogP contribution is 2.27. The SMILES string of the molecule is Nc1nc2ncc(CNc3ccc(C(=O)N[C@@H](CCC(=O)O)C(=O)O)c(-c4cncnc4)c3)nc2c(=O)[nH]1. The first-order valence-corrected chi connectivity index (χ1v) is 11.1. The zero-order valence-corrected chi connectivity index (χ0v) is 19.6. The third-order valence-corrected chi connectivity index (χ3v) is 5.35. The van der Waals surface area contributed by atoms with Crippen LogP contribution in [-0.2, 0) is 16.1 Å². The van der Waals surface area contributed by atoms with Gasteiger partial charge < -0.3 is 26.6 Å². The minimum atomic E-state index is -1.39. The Morgan fingerprint density at radius 1 is 1.08 bits per heavy atom. The predicted molar refractivity (Wildman–Crippen MR) is 133 cm³/mol. The van der Waals surface area contributed by atoms with Crippen molar-refractivity contribution in [3.05, 3.63) is 64.7 Å². The largest absolute Gasteiger partial charge is 0.481 e. The van der Waals surface area contributed by atoms with Crippen molar-refractivity contribution in [3.63, 3.8) is 0 Å². The van der Waals surface area contributed by atoms with Crippen molar-refractivity contribution in [1.29, 1.82) is 0 Å². The van der Waals surface area contributed by atoms with Crippen LogP contribution < -0.4 is 21.9 Å². The van der Waals surface area contributed by atoms with Gasteiger partial charge in [-0.15, -0.1) is 0 Å². The molecule has 7 N–H and O–H groups in total. The lowest BCUT2D eigenvalue weighted by atomic mass is 9.99. The predicted octanol–water partition coefficient (Wildman–Crippen LogP) is 0.412. The number of amides is 1. The standard InChI is InChI=1S/C23H21N9O6/c24-23-31-19-18(21(36)32-23)29-13(9-28-19)8-27-12-1-2-14(15(5-12)11-6-25-10-26-7-11)20(35)30-16(22(37)38)3-4-17(33)34/h1-2,5-7,9-10,16,27H,3-4,8H2,(H,30,35)(H,33,34)(H,37,38)(H3,24,28,31,32,36)/t16-/m0/s1. The van der Waals surface area contributed by atoms with E-state index in [-0.39, 0.29) is 35.6 Å². The Balaban J connectivity index is 1.59. The number of aromatic nitrogens is 6.